The number of benzene rings is 1. The summed E-state index contributed by atoms with van der Waals surface area (Å²) >= 11 is 1.66. The van der Waals surface area contributed by atoms with E-state index in [2.05, 4.69) is 14.9 Å². The summed E-state index contributed by atoms with van der Waals surface area (Å²) in [6, 6.07) is 7.76. The van der Waals surface area contributed by atoms with E-state index in [1.54, 1.807) is 11.8 Å². The van der Waals surface area contributed by atoms with Crippen LogP contribution in [-0.2, 0) is 5.75 Å². The molecule has 0 fully saturated rings. The van der Waals surface area contributed by atoms with Gasteiger partial charge in [-0.3, -0.25) is 0 Å². The molecule has 0 spiro atoms. The molecule has 2 N–H and O–H groups in total. The van der Waals surface area contributed by atoms with E-state index in [1.807, 2.05) is 31.2 Å². The van der Waals surface area contributed by atoms with Crippen molar-refractivity contribution >= 4 is 17.4 Å². The summed E-state index contributed by atoms with van der Waals surface area (Å²) in [4.78, 5) is 1.12. The lowest BCUT2D eigenvalue weighted by Gasteiger charge is -2.00. The van der Waals surface area contributed by atoms with Crippen molar-refractivity contribution in [3.05, 3.63) is 35.7 Å². The summed E-state index contributed by atoms with van der Waals surface area (Å²) in [5, 5.41) is 7.54. The fraction of sp³-hybridized carbons (Fsp3) is 0.200. The second-order valence-corrected chi connectivity index (χ2v) is 4.21. The number of hydrogen-bond acceptors (Lipinski definition) is 5. The highest BCUT2D eigenvalue weighted by molar-refractivity contribution is 7.98. The van der Waals surface area contributed by atoms with Gasteiger partial charge in [0.2, 0.25) is 0 Å². The number of aromatic nitrogens is 2. The lowest BCUT2D eigenvalue weighted by Crippen LogP contribution is -1.86. The van der Waals surface area contributed by atoms with Gasteiger partial charge in [-0.15, -0.1) is 11.8 Å². The molecular weight excluding hydrogens is 210 g/mol. The fourth-order valence-electron chi connectivity index (χ4n) is 1.14. The van der Waals surface area contributed by atoms with Gasteiger partial charge in [-0.2, -0.15) is 0 Å². The average Bonchev–Trinajstić information content (AvgIpc) is 2.61. The van der Waals surface area contributed by atoms with Gasteiger partial charge in [-0.25, -0.2) is 4.63 Å². The zero-order chi connectivity index (χ0) is 10.7. The van der Waals surface area contributed by atoms with Gasteiger partial charge in [0.1, 0.15) is 11.4 Å². The predicted molar refractivity (Wildman–Crippen MR) is 59.5 cm³/mol. The van der Waals surface area contributed by atoms with Crippen LogP contribution < -0.4 is 5.73 Å². The van der Waals surface area contributed by atoms with Gasteiger partial charge in [0, 0.05) is 16.3 Å². The normalized spacial score (nSPS) is 10.5. The molecule has 15 heavy (non-hydrogen) atoms. The molecule has 2 aromatic rings. The Morgan fingerprint density at radius 1 is 1.40 bits per heavy atom. The number of anilines is 1. The molecule has 1 heterocycles. The minimum atomic E-state index is 0.749. The Bertz CT molecular complexity index is 455. The van der Waals surface area contributed by atoms with Crippen LogP contribution in [0.5, 0.6) is 0 Å². The molecule has 0 amide bonds. The Kier molecular flexibility index (Phi) is 2.91. The second-order valence-electron chi connectivity index (χ2n) is 3.16. The number of rotatable bonds is 3. The maximum Gasteiger partial charge on any atom is 0.118 e. The lowest BCUT2D eigenvalue weighted by molar-refractivity contribution is 0.302. The van der Waals surface area contributed by atoms with Crippen LogP contribution in [0, 0.1) is 6.92 Å². The standard InChI is InChI=1S/C10H11N3OS/c1-7-10(13-14-12-7)6-15-9-4-2-3-8(11)5-9/h2-5H,6,11H2,1H3. The number of aryl methyl sites for hydroxylation is 1. The highest BCUT2D eigenvalue weighted by Gasteiger charge is 2.05. The van der Waals surface area contributed by atoms with Gasteiger partial charge in [-0.05, 0) is 25.1 Å². The zero-order valence-corrected chi connectivity index (χ0v) is 9.12. The van der Waals surface area contributed by atoms with Crippen LogP contribution in [0.15, 0.2) is 33.8 Å². The van der Waals surface area contributed by atoms with Crippen LogP contribution in [0.25, 0.3) is 0 Å². The minimum Gasteiger partial charge on any atom is -0.399 e. The largest absolute Gasteiger partial charge is 0.399 e. The summed E-state index contributed by atoms with van der Waals surface area (Å²) in [6.45, 7) is 1.88. The van der Waals surface area contributed by atoms with Crippen molar-refractivity contribution in [2.45, 2.75) is 17.6 Å². The third-order valence-electron chi connectivity index (χ3n) is 1.98. The molecule has 0 aliphatic rings. The summed E-state index contributed by atoms with van der Waals surface area (Å²) in [7, 11) is 0. The van der Waals surface area contributed by atoms with E-state index in [0.717, 1.165) is 27.7 Å². The third kappa shape index (κ3) is 2.50. The van der Waals surface area contributed by atoms with E-state index in [4.69, 9.17) is 5.73 Å². The fourth-order valence-corrected chi connectivity index (χ4v) is 2.10. The SMILES string of the molecule is Cc1nonc1CSc1cccc(N)c1. The van der Waals surface area contributed by atoms with E-state index in [1.165, 1.54) is 0 Å². The van der Waals surface area contributed by atoms with E-state index in [0.29, 0.717) is 0 Å². The molecule has 0 aliphatic heterocycles. The first kappa shape index (κ1) is 10.0. The van der Waals surface area contributed by atoms with Crippen molar-refractivity contribution in [1.82, 2.24) is 10.3 Å². The number of nitrogens with two attached hydrogens (primary N) is 1. The van der Waals surface area contributed by atoms with E-state index in [9.17, 15) is 0 Å². The predicted octanol–water partition coefficient (Wildman–Crippen LogP) is 2.25. The quantitative estimate of drug-likeness (QED) is 0.636. The third-order valence-corrected chi connectivity index (χ3v) is 2.99. The first-order valence-electron chi connectivity index (χ1n) is 4.52. The monoisotopic (exact) mass is 221 g/mol. The van der Waals surface area contributed by atoms with Crippen molar-refractivity contribution in [1.29, 1.82) is 0 Å². The molecule has 0 unspecified atom stereocenters. The van der Waals surface area contributed by atoms with E-state index >= 15 is 0 Å². The van der Waals surface area contributed by atoms with Crippen molar-refractivity contribution in [3.63, 3.8) is 0 Å². The van der Waals surface area contributed by atoms with Crippen LogP contribution in [0.4, 0.5) is 5.69 Å². The Morgan fingerprint density at radius 2 is 2.27 bits per heavy atom. The van der Waals surface area contributed by atoms with Gasteiger partial charge in [0.15, 0.2) is 0 Å². The van der Waals surface area contributed by atoms with Gasteiger partial charge in [0.05, 0.1) is 0 Å². The van der Waals surface area contributed by atoms with Gasteiger partial charge in [-0.1, -0.05) is 16.4 Å². The van der Waals surface area contributed by atoms with Crippen molar-refractivity contribution in [2.75, 3.05) is 5.73 Å². The Labute approximate surface area is 91.8 Å². The zero-order valence-electron chi connectivity index (χ0n) is 8.30. The van der Waals surface area contributed by atoms with Gasteiger partial charge >= 0.3 is 0 Å². The Balaban J connectivity index is 2.02. The van der Waals surface area contributed by atoms with Gasteiger partial charge in [0.25, 0.3) is 0 Å². The summed E-state index contributed by atoms with van der Waals surface area (Å²) in [6.07, 6.45) is 0. The molecule has 1 aromatic heterocycles. The first-order valence-corrected chi connectivity index (χ1v) is 5.50. The summed E-state index contributed by atoms with van der Waals surface area (Å²) in [5.41, 5.74) is 8.17. The molecule has 4 nitrogen and oxygen atoms in total. The van der Waals surface area contributed by atoms with Crippen LogP contribution in [0.3, 0.4) is 0 Å². The smallest absolute Gasteiger partial charge is 0.118 e. The topological polar surface area (TPSA) is 64.9 Å². The molecule has 0 atom stereocenters. The maximum absolute atomic E-state index is 5.68. The summed E-state index contributed by atoms with van der Waals surface area (Å²) in [5.74, 6) is 0.749. The molecule has 0 saturated carbocycles. The molecule has 0 radical (unpaired) electrons. The van der Waals surface area contributed by atoms with Crippen molar-refractivity contribution < 1.29 is 4.63 Å². The molecule has 0 bridgehead atoms. The maximum atomic E-state index is 5.68. The van der Waals surface area contributed by atoms with Gasteiger partial charge < -0.3 is 5.73 Å². The minimum absolute atomic E-state index is 0.749. The average molecular weight is 221 g/mol. The number of nitrogens with zero attached hydrogens (tertiary/aromatic N) is 2. The van der Waals surface area contributed by atoms with Crippen LogP contribution >= 0.6 is 11.8 Å². The molecular formula is C10H11N3OS. The number of nitrogen functional groups attached to an aromatic ring is 1. The summed E-state index contributed by atoms with van der Waals surface area (Å²) < 4.78 is 4.62. The first-order chi connectivity index (χ1) is 7.25. The molecule has 2 rings (SSSR count). The number of hydrogen-bond donors (Lipinski definition) is 1. The molecule has 0 saturated heterocycles. The highest BCUT2D eigenvalue weighted by Crippen LogP contribution is 2.24. The molecule has 78 valence electrons. The van der Waals surface area contributed by atoms with Crippen LogP contribution in [0.1, 0.15) is 11.4 Å². The lowest BCUT2D eigenvalue weighted by atomic mass is 10.3. The molecule has 5 heteroatoms. The molecule has 0 aliphatic carbocycles. The van der Waals surface area contributed by atoms with Crippen molar-refractivity contribution in [3.8, 4) is 0 Å². The van der Waals surface area contributed by atoms with Crippen molar-refractivity contribution in [2.24, 2.45) is 0 Å². The van der Waals surface area contributed by atoms with Crippen LogP contribution in [0.2, 0.25) is 0 Å². The Morgan fingerprint density at radius 3 is 2.93 bits per heavy atom. The molecule has 1 aromatic carbocycles. The van der Waals surface area contributed by atoms with Crippen LogP contribution in [-0.4, -0.2) is 10.3 Å². The Hall–Kier alpha value is -1.49. The van der Waals surface area contributed by atoms with E-state index in [-0.39, 0.29) is 0 Å². The number of thioether (sulfide) groups is 1. The second kappa shape index (κ2) is 4.35. The van der Waals surface area contributed by atoms with E-state index < -0.39 is 0 Å². The highest BCUT2D eigenvalue weighted by atomic mass is 32.2.